The maximum absolute atomic E-state index is 15.4. The fourth-order valence-corrected chi connectivity index (χ4v) is 3.69. The van der Waals surface area contributed by atoms with Gasteiger partial charge >= 0.3 is 5.92 Å². The predicted octanol–water partition coefficient (Wildman–Crippen LogP) is 5.94. The summed E-state index contributed by atoms with van der Waals surface area (Å²) in [5.41, 5.74) is -1.62. The quantitative estimate of drug-likeness (QED) is 0.398. The van der Waals surface area contributed by atoms with Gasteiger partial charge in [0.1, 0.15) is 27.5 Å². The van der Waals surface area contributed by atoms with Crippen LogP contribution in [0.3, 0.4) is 0 Å². The third kappa shape index (κ3) is 4.58. The molecule has 7 heteroatoms. The topological polar surface area (TPSA) is 44.7 Å². The summed E-state index contributed by atoms with van der Waals surface area (Å²) in [5.74, 6) is -4.56. The van der Waals surface area contributed by atoms with Crippen LogP contribution in [0.15, 0.2) is 52.9 Å². The first-order chi connectivity index (χ1) is 14.0. The Labute approximate surface area is 178 Å². The summed E-state index contributed by atoms with van der Waals surface area (Å²) >= 11 is -1.62. The molecule has 0 heterocycles. The van der Waals surface area contributed by atoms with Crippen LogP contribution in [0.1, 0.15) is 57.2 Å². The van der Waals surface area contributed by atoms with Crippen LogP contribution >= 0.6 is 0 Å². The molecule has 0 aliphatic heterocycles. The molecular weight excluding hydrogens is 411 g/mol. The lowest BCUT2D eigenvalue weighted by Gasteiger charge is -2.28. The Morgan fingerprint density at radius 2 is 1.73 bits per heavy atom. The summed E-state index contributed by atoms with van der Waals surface area (Å²) < 4.78 is 67.2. The third-order valence-corrected chi connectivity index (χ3v) is 6.59. The zero-order chi connectivity index (χ0) is 22.2. The molecule has 162 valence electrons. The number of ether oxygens (including phenoxy) is 1. The summed E-state index contributed by atoms with van der Waals surface area (Å²) in [5, 5.41) is 0. The van der Waals surface area contributed by atoms with Gasteiger partial charge in [0.2, 0.25) is 0 Å². The van der Waals surface area contributed by atoms with E-state index in [4.69, 9.17) is 4.74 Å². The Morgan fingerprint density at radius 1 is 1.10 bits per heavy atom. The molecule has 0 saturated heterocycles. The number of nitrogens with zero attached hydrogens (tertiary/aromatic N) is 1. The molecule has 0 bridgehead atoms. The normalized spacial score (nSPS) is 17.7. The van der Waals surface area contributed by atoms with E-state index in [1.165, 1.54) is 19.1 Å². The first-order valence-corrected chi connectivity index (χ1v) is 10.9. The van der Waals surface area contributed by atoms with Crippen molar-refractivity contribution in [2.24, 2.45) is 4.40 Å². The molecule has 30 heavy (non-hydrogen) atoms. The second-order valence-electron chi connectivity index (χ2n) is 8.55. The van der Waals surface area contributed by atoms with Crippen molar-refractivity contribution in [1.82, 2.24) is 0 Å². The number of rotatable bonds is 7. The molecule has 1 saturated carbocycles. The van der Waals surface area contributed by atoms with E-state index in [0.717, 1.165) is 11.6 Å². The van der Waals surface area contributed by atoms with Crippen LogP contribution in [0.2, 0.25) is 0 Å². The van der Waals surface area contributed by atoms with E-state index >= 15 is 13.2 Å². The van der Waals surface area contributed by atoms with Crippen molar-refractivity contribution in [3.63, 3.8) is 0 Å². The van der Waals surface area contributed by atoms with Gasteiger partial charge in [0.15, 0.2) is 0 Å². The molecule has 2 aromatic rings. The van der Waals surface area contributed by atoms with Gasteiger partial charge in [0.05, 0.1) is 17.9 Å². The summed E-state index contributed by atoms with van der Waals surface area (Å²) in [6.45, 7) is 6.72. The first-order valence-electron chi connectivity index (χ1n) is 9.80. The Morgan fingerprint density at radius 3 is 2.30 bits per heavy atom. The summed E-state index contributed by atoms with van der Waals surface area (Å²) in [4.78, 5) is 0. The monoisotopic (exact) mass is 437 g/mol. The number of halogens is 3. The zero-order valence-corrected chi connectivity index (χ0v) is 18.4. The molecule has 0 unspecified atom stereocenters. The van der Waals surface area contributed by atoms with E-state index in [2.05, 4.69) is 4.40 Å². The van der Waals surface area contributed by atoms with E-state index in [9.17, 15) is 4.55 Å². The highest BCUT2D eigenvalue weighted by molar-refractivity contribution is 7.91. The van der Waals surface area contributed by atoms with Crippen LogP contribution in [0.5, 0.6) is 0 Å². The standard InChI is InChI=1S/C23H26F3NO2S/c1-16(27-30(28)21(2,3)4)18-11-8-12-19(20(18)24)23(25,26)22(13-14-22)29-15-17-9-6-5-7-10-17/h5-12H,13-15H2,1-4H3/t30-/m0/s1. The Bertz CT molecular complexity index is 922. The number of benzene rings is 2. The van der Waals surface area contributed by atoms with Gasteiger partial charge in [-0.05, 0) is 52.2 Å². The van der Waals surface area contributed by atoms with Gasteiger partial charge in [-0.3, -0.25) is 0 Å². The third-order valence-electron chi connectivity index (χ3n) is 5.10. The van der Waals surface area contributed by atoms with Gasteiger partial charge in [-0.25, -0.2) is 4.39 Å². The minimum absolute atomic E-state index is 0.0305. The molecule has 0 spiro atoms. The van der Waals surface area contributed by atoms with E-state index in [0.29, 0.717) is 0 Å². The SMILES string of the molecule is CC(=N[S@@+]([O-])C(C)(C)C)c1cccc(C(F)(F)C2(OCc3ccccc3)CC2)c1F. The Kier molecular flexibility index (Phi) is 6.37. The number of alkyl halides is 2. The molecule has 1 aliphatic rings. The fourth-order valence-electron chi connectivity index (χ4n) is 3.07. The van der Waals surface area contributed by atoms with Crippen LogP contribution in [0.4, 0.5) is 13.2 Å². The second-order valence-corrected chi connectivity index (χ2v) is 10.5. The van der Waals surface area contributed by atoms with Crippen molar-refractivity contribution in [3.05, 3.63) is 71.0 Å². The lowest BCUT2D eigenvalue weighted by Crippen LogP contribution is -2.37. The minimum Gasteiger partial charge on any atom is -0.591 e. The average Bonchev–Trinajstić information content (AvgIpc) is 3.48. The lowest BCUT2D eigenvalue weighted by molar-refractivity contribution is -0.169. The molecule has 1 aliphatic carbocycles. The largest absolute Gasteiger partial charge is 0.591 e. The van der Waals surface area contributed by atoms with Crippen LogP contribution in [0.25, 0.3) is 0 Å². The molecule has 0 aromatic heterocycles. The highest BCUT2D eigenvalue weighted by Crippen LogP contribution is 2.57. The van der Waals surface area contributed by atoms with Gasteiger partial charge in [-0.15, -0.1) is 0 Å². The van der Waals surface area contributed by atoms with Crippen molar-refractivity contribution < 1.29 is 22.5 Å². The van der Waals surface area contributed by atoms with Crippen molar-refractivity contribution in [2.45, 2.75) is 63.4 Å². The molecule has 1 fully saturated rings. The van der Waals surface area contributed by atoms with Gasteiger partial charge in [0.25, 0.3) is 0 Å². The molecule has 2 aromatic carbocycles. The van der Waals surface area contributed by atoms with Crippen LogP contribution in [-0.2, 0) is 28.6 Å². The first kappa shape index (κ1) is 22.8. The number of hydrogen-bond acceptors (Lipinski definition) is 3. The number of hydrogen-bond donors (Lipinski definition) is 0. The zero-order valence-electron chi connectivity index (χ0n) is 17.5. The van der Waals surface area contributed by atoms with Gasteiger partial charge < -0.3 is 9.29 Å². The molecule has 3 rings (SSSR count). The lowest BCUT2D eigenvalue weighted by atomic mass is 9.97. The molecule has 0 amide bonds. The smallest absolute Gasteiger partial charge is 0.304 e. The van der Waals surface area contributed by atoms with Gasteiger partial charge in [-0.1, -0.05) is 46.9 Å². The second kappa shape index (κ2) is 8.36. The maximum atomic E-state index is 15.4. The Hall–Kier alpha value is -1.83. The van der Waals surface area contributed by atoms with Crippen LogP contribution in [-0.4, -0.2) is 20.6 Å². The van der Waals surface area contributed by atoms with Gasteiger partial charge in [0, 0.05) is 5.56 Å². The van der Waals surface area contributed by atoms with Crippen molar-refractivity contribution in [3.8, 4) is 0 Å². The van der Waals surface area contributed by atoms with E-state index < -0.39 is 39.0 Å². The molecule has 3 nitrogen and oxygen atoms in total. The van der Waals surface area contributed by atoms with Crippen LogP contribution in [0, 0.1) is 5.82 Å². The predicted molar refractivity (Wildman–Crippen MR) is 114 cm³/mol. The summed E-state index contributed by atoms with van der Waals surface area (Å²) in [6.07, 6.45) is 0.301. The van der Waals surface area contributed by atoms with E-state index in [-0.39, 0.29) is 30.7 Å². The van der Waals surface area contributed by atoms with E-state index in [1.807, 2.05) is 18.2 Å². The maximum Gasteiger partial charge on any atom is 0.304 e. The van der Waals surface area contributed by atoms with Crippen molar-refractivity contribution in [1.29, 1.82) is 0 Å². The van der Waals surface area contributed by atoms with Gasteiger partial charge in [-0.2, -0.15) is 8.78 Å². The summed E-state index contributed by atoms with van der Waals surface area (Å²) in [6, 6.07) is 12.9. The molecule has 0 radical (unpaired) electrons. The summed E-state index contributed by atoms with van der Waals surface area (Å²) in [7, 11) is 0. The highest BCUT2D eigenvalue weighted by Gasteiger charge is 2.65. The molecule has 1 atom stereocenters. The highest BCUT2D eigenvalue weighted by atomic mass is 32.2. The van der Waals surface area contributed by atoms with E-state index in [1.54, 1.807) is 32.9 Å². The average molecular weight is 438 g/mol. The molecule has 0 N–H and O–H groups in total. The van der Waals surface area contributed by atoms with Crippen molar-refractivity contribution >= 4 is 17.1 Å². The molecular formula is C23H26F3NO2S. The fraction of sp³-hybridized carbons (Fsp3) is 0.435. The Balaban J connectivity index is 1.88. The van der Waals surface area contributed by atoms with Crippen molar-refractivity contribution in [2.75, 3.05) is 0 Å². The minimum atomic E-state index is -3.51. The van der Waals surface area contributed by atoms with Crippen LogP contribution < -0.4 is 0 Å².